The molecule has 1 fully saturated rings. The van der Waals surface area contributed by atoms with Gasteiger partial charge in [-0.3, -0.25) is 4.98 Å². The Morgan fingerprint density at radius 3 is 2.43 bits per heavy atom. The Hall–Kier alpha value is -2.82. The predicted molar refractivity (Wildman–Crippen MR) is 112 cm³/mol. The number of nitrogens with zero attached hydrogens (tertiary/aromatic N) is 1. The second kappa shape index (κ2) is 6.36. The third-order valence-electron chi connectivity index (χ3n) is 5.74. The van der Waals surface area contributed by atoms with E-state index in [1.165, 1.54) is 0 Å². The molecule has 28 heavy (non-hydrogen) atoms. The minimum Gasteiger partial charge on any atom is -0.385 e. The molecule has 2 aromatic heterocycles. The molecule has 138 valence electrons. The highest BCUT2D eigenvalue weighted by molar-refractivity contribution is 7.13. The molecular weight excluding hydrogens is 366 g/mol. The quantitative estimate of drug-likeness (QED) is 0.498. The molecule has 0 unspecified atom stereocenters. The minimum absolute atomic E-state index is 0.346. The smallest absolute Gasteiger partial charge is 0.132 e. The van der Waals surface area contributed by atoms with Crippen LogP contribution in [-0.2, 0) is 15.8 Å². The molecule has 1 saturated carbocycles. The van der Waals surface area contributed by atoms with Gasteiger partial charge in [-0.15, -0.1) is 11.3 Å². The number of carbonyl (C=O) groups excluding carboxylic acids is 1. The van der Waals surface area contributed by atoms with Gasteiger partial charge in [0.05, 0.1) is 27.3 Å². The van der Waals surface area contributed by atoms with Crippen molar-refractivity contribution in [3.05, 3.63) is 89.4 Å². The van der Waals surface area contributed by atoms with Crippen LogP contribution in [0.3, 0.4) is 0 Å². The molecule has 0 radical (unpaired) electrons. The first kappa shape index (κ1) is 17.3. The van der Waals surface area contributed by atoms with Gasteiger partial charge in [0.25, 0.3) is 0 Å². The van der Waals surface area contributed by atoms with E-state index in [-0.39, 0.29) is 0 Å². The highest BCUT2D eigenvalue weighted by Crippen LogP contribution is 2.55. The van der Waals surface area contributed by atoms with E-state index in [0.29, 0.717) is 12.8 Å². The van der Waals surface area contributed by atoms with Crippen LogP contribution in [0.2, 0.25) is 0 Å². The first-order chi connectivity index (χ1) is 13.6. The zero-order valence-electron chi connectivity index (χ0n) is 15.2. The van der Waals surface area contributed by atoms with Gasteiger partial charge in [0, 0.05) is 5.39 Å². The van der Waals surface area contributed by atoms with Gasteiger partial charge in [-0.05, 0) is 41.3 Å². The first-order valence-electron chi connectivity index (χ1n) is 9.32. The average Bonchev–Trinajstić information content (AvgIpc) is 3.26. The van der Waals surface area contributed by atoms with Crippen molar-refractivity contribution in [3.8, 4) is 10.6 Å². The Morgan fingerprint density at radius 2 is 1.71 bits per heavy atom. The number of hydrogen-bond acceptors (Lipinski definition) is 4. The SMILES string of the molecule is O=CC1(c2nc(-c3cccs3)cc3ccccc23)CC(O)(c2ccccc2)C1. The van der Waals surface area contributed by atoms with E-state index in [2.05, 4.69) is 12.1 Å². The van der Waals surface area contributed by atoms with Crippen molar-refractivity contribution in [2.75, 3.05) is 0 Å². The molecule has 3 nitrogen and oxygen atoms in total. The largest absolute Gasteiger partial charge is 0.385 e. The van der Waals surface area contributed by atoms with Crippen LogP contribution in [0.1, 0.15) is 24.1 Å². The van der Waals surface area contributed by atoms with E-state index in [4.69, 9.17) is 4.98 Å². The summed E-state index contributed by atoms with van der Waals surface area (Å²) in [5, 5.41) is 15.2. The summed E-state index contributed by atoms with van der Waals surface area (Å²) >= 11 is 1.63. The van der Waals surface area contributed by atoms with Gasteiger partial charge in [0.15, 0.2) is 0 Å². The van der Waals surface area contributed by atoms with Gasteiger partial charge < -0.3 is 9.90 Å². The van der Waals surface area contributed by atoms with Crippen LogP contribution >= 0.6 is 11.3 Å². The number of hydrogen-bond donors (Lipinski definition) is 1. The maximum absolute atomic E-state index is 12.3. The number of aliphatic hydroxyl groups is 1. The van der Waals surface area contributed by atoms with Crippen molar-refractivity contribution in [1.29, 1.82) is 0 Å². The van der Waals surface area contributed by atoms with Gasteiger partial charge in [0.1, 0.15) is 6.29 Å². The minimum atomic E-state index is -0.996. The van der Waals surface area contributed by atoms with Gasteiger partial charge in [-0.2, -0.15) is 0 Å². The topological polar surface area (TPSA) is 50.2 Å². The standard InChI is InChI=1S/C24H19NO2S/c26-16-23(14-24(27,15-23)18-8-2-1-3-9-18)22-19-10-5-4-7-17(19)13-20(25-22)21-11-6-12-28-21/h1-13,16,27H,14-15H2. The van der Waals surface area contributed by atoms with Crippen LogP contribution in [0, 0.1) is 0 Å². The lowest BCUT2D eigenvalue weighted by molar-refractivity contribution is -0.136. The van der Waals surface area contributed by atoms with Crippen molar-refractivity contribution < 1.29 is 9.90 Å². The predicted octanol–water partition coefficient (Wildman–Crippen LogP) is 5.08. The Labute approximate surface area is 167 Å². The molecular formula is C24H19NO2S. The van der Waals surface area contributed by atoms with Crippen molar-refractivity contribution in [2.45, 2.75) is 23.9 Å². The molecule has 1 N–H and O–H groups in total. The number of carbonyl (C=O) groups is 1. The van der Waals surface area contributed by atoms with Crippen molar-refractivity contribution >= 4 is 28.4 Å². The van der Waals surface area contributed by atoms with Crippen LogP contribution in [0.15, 0.2) is 78.2 Å². The fourth-order valence-electron chi connectivity index (χ4n) is 4.38. The number of pyridine rings is 1. The third kappa shape index (κ3) is 2.60. The summed E-state index contributed by atoms with van der Waals surface area (Å²) in [5.74, 6) is 0. The van der Waals surface area contributed by atoms with Crippen LogP contribution in [0.4, 0.5) is 0 Å². The van der Waals surface area contributed by atoms with Crippen molar-refractivity contribution in [2.24, 2.45) is 0 Å². The fraction of sp³-hybridized carbons (Fsp3) is 0.167. The fourth-order valence-corrected chi connectivity index (χ4v) is 5.07. The van der Waals surface area contributed by atoms with Crippen LogP contribution in [0.5, 0.6) is 0 Å². The van der Waals surface area contributed by atoms with Gasteiger partial charge in [-0.1, -0.05) is 60.7 Å². The molecule has 2 heterocycles. The number of rotatable bonds is 4. The zero-order chi connectivity index (χ0) is 19.2. The number of fused-ring (bicyclic) bond motifs is 1. The molecule has 4 aromatic rings. The second-order valence-corrected chi connectivity index (χ2v) is 8.53. The van der Waals surface area contributed by atoms with Gasteiger partial charge in [-0.25, -0.2) is 0 Å². The number of aromatic nitrogens is 1. The van der Waals surface area contributed by atoms with E-state index >= 15 is 0 Å². The molecule has 0 aliphatic heterocycles. The zero-order valence-corrected chi connectivity index (χ0v) is 16.0. The second-order valence-electron chi connectivity index (χ2n) is 7.58. The summed E-state index contributed by atoms with van der Waals surface area (Å²) in [6.45, 7) is 0. The average molecular weight is 385 g/mol. The van der Waals surface area contributed by atoms with Gasteiger partial charge in [0.2, 0.25) is 0 Å². The molecule has 4 heteroatoms. The maximum atomic E-state index is 12.3. The Morgan fingerprint density at radius 1 is 0.964 bits per heavy atom. The summed E-state index contributed by atoms with van der Waals surface area (Å²) in [4.78, 5) is 18.3. The Bertz CT molecular complexity index is 1150. The molecule has 0 amide bonds. The van der Waals surface area contributed by atoms with E-state index in [0.717, 1.165) is 38.9 Å². The third-order valence-corrected chi connectivity index (χ3v) is 6.63. The summed E-state index contributed by atoms with van der Waals surface area (Å²) in [6, 6.07) is 23.8. The summed E-state index contributed by atoms with van der Waals surface area (Å²) in [5.41, 5.74) is 0.720. The van der Waals surface area contributed by atoms with Crippen LogP contribution < -0.4 is 0 Å². The highest BCUT2D eigenvalue weighted by Gasteiger charge is 2.57. The molecule has 1 aliphatic rings. The lowest BCUT2D eigenvalue weighted by atomic mass is 9.55. The summed E-state index contributed by atoms with van der Waals surface area (Å²) in [6.07, 6.45) is 1.67. The first-order valence-corrected chi connectivity index (χ1v) is 10.2. The van der Waals surface area contributed by atoms with Gasteiger partial charge >= 0.3 is 0 Å². The van der Waals surface area contributed by atoms with E-state index in [9.17, 15) is 9.90 Å². The summed E-state index contributed by atoms with van der Waals surface area (Å²) in [7, 11) is 0. The van der Waals surface area contributed by atoms with Crippen LogP contribution in [0.25, 0.3) is 21.3 Å². The molecule has 1 aliphatic carbocycles. The highest BCUT2D eigenvalue weighted by atomic mass is 32.1. The Kier molecular flexibility index (Phi) is 3.93. The number of aldehydes is 1. The van der Waals surface area contributed by atoms with E-state index in [1.807, 2.05) is 66.0 Å². The Balaban J connectivity index is 1.65. The van der Waals surface area contributed by atoms with E-state index < -0.39 is 11.0 Å². The maximum Gasteiger partial charge on any atom is 0.132 e. The van der Waals surface area contributed by atoms with E-state index in [1.54, 1.807) is 11.3 Å². The number of benzene rings is 2. The molecule has 5 rings (SSSR count). The lowest BCUT2D eigenvalue weighted by Gasteiger charge is -2.50. The molecule has 2 aromatic carbocycles. The normalized spacial score (nSPS) is 24.0. The van der Waals surface area contributed by atoms with Crippen molar-refractivity contribution in [1.82, 2.24) is 4.98 Å². The van der Waals surface area contributed by atoms with Crippen molar-refractivity contribution in [3.63, 3.8) is 0 Å². The molecule has 0 saturated heterocycles. The lowest BCUT2D eigenvalue weighted by Crippen LogP contribution is -2.54. The monoisotopic (exact) mass is 385 g/mol. The molecule has 0 bridgehead atoms. The number of thiophene rings is 1. The summed E-state index contributed by atoms with van der Waals surface area (Å²) < 4.78 is 0. The molecule has 0 spiro atoms. The molecule has 0 atom stereocenters. The van der Waals surface area contributed by atoms with Crippen LogP contribution in [-0.4, -0.2) is 16.4 Å².